The highest BCUT2D eigenvalue weighted by molar-refractivity contribution is 7.89. The Morgan fingerprint density at radius 1 is 1.33 bits per heavy atom. The Labute approximate surface area is 125 Å². The fraction of sp³-hybridized carbons (Fsp3) is 0.357. The predicted molar refractivity (Wildman–Crippen MR) is 81.9 cm³/mol. The molecule has 1 heterocycles. The second-order valence-corrected chi connectivity index (χ2v) is 7.02. The van der Waals surface area contributed by atoms with E-state index in [0.717, 1.165) is 5.56 Å². The van der Waals surface area contributed by atoms with Crippen LogP contribution in [0.4, 0.5) is 5.69 Å². The average Bonchev–Trinajstić information content (AvgIpc) is 2.82. The number of nitrogen functional groups attached to an aromatic ring is 1. The molecule has 21 heavy (non-hydrogen) atoms. The van der Waals surface area contributed by atoms with Gasteiger partial charge in [0.1, 0.15) is 0 Å². The first-order chi connectivity index (χ1) is 9.82. The molecule has 2 aromatic rings. The number of anilines is 1. The second kappa shape index (κ2) is 5.87. The van der Waals surface area contributed by atoms with E-state index in [1.54, 1.807) is 19.2 Å². The lowest BCUT2D eigenvalue weighted by molar-refractivity contribution is 0.344. The van der Waals surface area contributed by atoms with Gasteiger partial charge in [-0.25, -0.2) is 8.42 Å². The van der Waals surface area contributed by atoms with E-state index in [1.807, 2.05) is 26.0 Å². The Kier molecular flexibility index (Phi) is 4.34. The quantitative estimate of drug-likeness (QED) is 0.851. The van der Waals surface area contributed by atoms with E-state index in [4.69, 9.17) is 5.73 Å². The minimum Gasteiger partial charge on any atom is -0.399 e. The van der Waals surface area contributed by atoms with Gasteiger partial charge in [0.2, 0.25) is 0 Å². The average molecular weight is 308 g/mol. The van der Waals surface area contributed by atoms with Crippen LogP contribution < -0.4 is 5.73 Å². The van der Waals surface area contributed by atoms with E-state index >= 15 is 0 Å². The zero-order valence-electron chi connectivity index (χ0n) is 12.4. The van der Waals surface area contributed by atoms with Crippen molar-refractivity contribution in [1.82, 2.24) is 14.1 Å². The third kappa shape index (κ3) is 3.25. The molecule has 7 heteroatoms. The fourth-order valence-electron chi connectivity index (χ4n) is 2.15. The van der Waals surface area contributed by atoms with Crippen molar-refractivity contribution in [1.29, 1.82) is 0 Å². The monoisotopic (exact) mass is 308 g/mol. The molecule has 0 saturated carbocycles. The SMILES string of the molecule is CC(C)N(Cc1cccc(N)c1)S(=O)(=O)c1ccnn1C. The number of sulfonamides is 1. The van der Waals surface area contributed by atoms with Crippen LogP contribution >= 0.6 is 0 Å². The summed E-state index contributed by atoms with van der Waals surface area (Å²) in [5.41, 5.74) is 7.23. The molecule has 0 radical (unpaired) electrons. The summed E-state index contributed by atoms with van der Waals surface area (Å²) >= 11 is 0. The number of aromatic nitrogens is 2. The maximum atomic E-state index is 12.8. The highest BCUT2D eigenvalue weighted by Gasteiger charge is 2.29. The van der Waals surface area contributed by atoms with Crippen LogP contribution in [0.2, 0.25) is 0 Å². The molecule has 1 aromatic heterocycles. The molecule has 0 saturated heterocycles. The summed E-state index contributed by atoms with van der Waals surface area (Å²) in [6.45, 7) is 3.97. The molecule has 114 valence electrons. The highest BCUT2D eigenvalue weighted by atomic mass is 32.2. The number of hydrogen-bond acceptors (Lipinski definition) is 4. The van der Waals surface area contributed by atoms with Crippen LogP contribution in [0.1, 0.15) is 19.4 Å². The third-order valence-corrected chi connectivity index (χ3v) is 5.31. The molecule has 0 unspecified atom stereocenters. The van der Waals surface area contributed by atoms with Gasteiger partial charge in [0.15, 0.2) is 5.03 Å². The first-order valence-corrected chi connectivity index (χ1v) is 8.10. The normalized spacial score (nSPS) is 12.2. The summed E-state index contributed by atoms with van der Waals surface area (Å²) in [5.74, 6) is 0. The summed E-state index contributed by atoms with van der Waals surface area (Å²) in [6, 6.07) is 8.58. The maximum absolute atomic E-state index is 12.8. The standard InChI is InChI=1S/C14H20N4O2S/c1-11(2)18(10-12-5-4-6-13(15)9-12)21(19,20)14-7-8-16-17(14)3/h4-9,11H,10,15H2,1-3H3. The van der Waals surface area contributed by atoms with Crippen molar-refractivity contribution in [2.75, 3.05) is 5.73 Å². The number of aryl methyl sites for hydroxylation is 1. The number of hydrogen-bond donors (Lipinski definition) is 1. The smallest absolute Gasteiger partial charge is 0.260 e. The van der Waals surface area contributed by atoms with Crippen LogP contribution in [0.15, 0.2) is 41.6 Å². The summed E-state index contributed by atoms with van der Waals surface area (Å²) in [6.07, 6.45) is 1.48. The van der Waals surface area contributed by atoms with Gasteiger partial charge >= 0.3 is 0 Å². The zero-order chi connectivity index (χ0) is 15.6. The predicted octanol–water partition coefficient (Wildman–Crippen LogP) is 1.60. The number of nitrogens with two attached hydrogens (primary N) is 1. The minimum absolute atomic E-state index is 0.175. The zero-order valence-corrected chi connectivity index (χ0v) is 13.2. The van der Waals surface area contributed by atoms with Gasteiger partial charge in [-0.05, 0) is 37.6 Å². The summed E-state index contributed by atoms with van der Waals surface area (Å²) in [5, 5.41) is 4.12. The molecule has 2 N–H and O–H groups in total. The third-order valence-electron chi connectivity index (χ3n) is 3.21. The van der Waals surface area contributed by atoms with Gasteiger partial charge in [-0.2, -0.15) is 9.40 Å². The lowest BCUT2D eigenvalue weighted by atomic mass is 10.2. The number of benzene rings is 1. The largest absolute Gasteiger partial charge is 0.399 e. The fourth-order valence-corrected chi connectivity index (χ4v) is 3.88. The molecule has 0 fully saturated rings. The molecule has 0 bridgehead atoms. The van der Waals surface area contributed by atoms with Crippen LogP contribution in [0.25, 0.3) is 0 Å². The minimum atomic E-state index is -3.61. The van der Waals surface area contributed by atoms with Crippen LogP contribution in [-0.4, -0.2) is 28.5 Å². The van der Waals surface area contributed by atoms with Crippen LogP contribution in [0.3, 0.4) is 0 Å². The molecular formula is C14H20N4O2S. The van der Waals surface area contributed by atoms with E-state index in [0.29, 0.717) is 5.69 Å². The maximum Gasteiger partial charge on any atom is 0.260 e. The second-order valence-electron chi connectivity index (χ2n) is 5.18. The van der Waals surface area contributed by atoms with E-state index in [1.165, 1.54) is 21.3 Å². The molecule has 0 atom stereocenters. The Balaban J connectivity index is 2.38. The van der Waals surface area contributed by atoms with Crippen molar-refractivity contribution < 1.29 is 8.42 Å². The molecule has 2 rings (SSSR count). The highest BCUT2D eigenvalue weighted by Crippen LogP contribution is 2.21. The lowest BCUT2D eigenvalue weighted by Crippen LogP contribution is -2.37. The molecule has 0 aliphatic carbocycles. The number of nitrogens with zero attached hydrogens (tertiary/aromatic N) is 3. The van der Waals surface area contributed by atoms with Gasteiger partial charge in [0, 0.05) is 25.3 Å². The molecule has 0 spiro atoms. The van der Waals surface area contributed by atoms with Gasteiger partial charge in [-0.15, -0.1) is 0 Å². The van der Waals surface area contributed by atoms with E-state index in [-0.39, 0.29) is 17.6 Å². The first-order valence-electron chi connectivity index (χ1n) is 6.66. The van der Waals surface area contributed by atoms with E-state index in [9.17, 15) is 8.42 Å². The Morgan fingerprint density at radius 2 is 2.05 bits per heavy atom. The molecule has 1 aromatic carbocycles. The van der Waals surface area contributed by atoms with Gasteiger partial charge in [-0.3, -0.25) is 4.68 Å². The van der Waals surface area contributed by atoms with Crippen molar-refractivity contribution in [3.63, 3.8) is 0 Å². The van der Waals surface area contributed by atoms with Crippen molar-refractivity contribution in [2.24, 2.45) is 7.05 Å². The summed E-state index contributed by atoms with van der Waals surface area (Å²) < 4.78 is 28.4. The van der Waals surface area contributed by atoms with E-state index in [2.05, 4.69) is 5.10 Å². The summed E-state index contributed by atoms with van der Waals surface area (Å²) in [4.78, 5) is 0. The van der Waals surface area contributed by atoms with Crippen LogP contribution in [-0.2, 0) is 23.6 Å². The van der Waals surface area contributed by atoms with Crippen molar-refractivity contribution in [2.45, 2.75) is 31.5 Å². The Hall–Kier alpha value is -1.86. The topological polar surface area (TPSA) is 81.2 Å². The molecule has 6 nitrogen and oxygen atoms in total. The molecule has 0 amide bonds. The molecular weight excluding hydrogens is 288 g/mol. The van der Waals surface area contributed by atoms with Gasteiger partial charge in [-0.1, -0.05) is 12.1 Å². The van der Waals surface area contributed by atoms with Crippen LogP contribution in [0, 0.1) is 0 Å². The van der Waals surface area contributed by atoms with Crippen molar-refractivity contribution in [3.05, 3.63) is 42.1 Å². The summed E-state index contributed by atoms with van der Waals surface area (Å²) in [7, 11) is -1.99. The van der Waals surface area contributed by atoms with Crippen LogP contribution in [0.5, 0.6) is 0 Å². The van der Waals surface area contributed by atoms with E-state index < -0.39 is 10.0 Å². The Morgan fingerprint density at radius 3 is 2.57 bits per heavy atom. The van der Waals surface area contributed by atoms with Crippen molar-refractivity contribution >= 4 is 15.7 Å². The lowest BCUT2D eigenvalue weighted by Gasteiger charge is -2.26. The van der Waals surface area contributed by atoms with Crippen molar-refractivity contribution in [3.8, 4) is 0 Å². The number of rotatable bonds is 5. The molecule has 0 aliphatic rings. The van der Waals surface area contributed by atoms with Gasteiger partial charge in [0.25, 0.3) is 10.0 Å². The van der Waals surface area contributed by atoms with Gasteiger partial charge < -0.3 is 5.73 Å². The Bertz CT molecular complexity index is 722. The van der Waals surface area contributed by atoms with Gasteiger partial charge in [0.05, 0.1) is 6.20 Å². The molecule has 0 aliphatic heterocycles. The first kappa shape index (κ1) is 15.5.